The highest BCUT2D eigenvalue weighted by Crippen LogP contribution is 2.28. The number of ether oxygens (including phenoxy) is 1. The van der Waals surface area contributed by atoms with Gasteiger partial charge in [0.25, 0.3) is 0 Å². The van der Waals surface area contributed by atoms with Gasteiger partial charge in [-0.25, -0.2) is 4.98 Å². The van der Waals surface area contributed by atoms with E-state index in [1.54, 1.807) is 18.2 Å². The number of nitrogen functional groups attached to an aromatic ring is 1. The van der Waals surface area contributed by atoms with E-state index in [1.165, 1.54) is 18.4 Å². The van der Waals surface area contributed by atoms with E-state index in [-0.39, 0.29) is 6.42 Å². The van der Waals surface area contributed by atoms with Gasteiger partial charge in [0.1, 0.15) is 6.10 Å². The van der Waals surface area contributed by atoms with Crippen LogP contribution in [0.3, 0.4) is 0 Å². The molecule has 1 aromatic carbocycles. The molecule has 2 rings (SSSR count). The second-order valence-electron chi connectivity index (χ2n) is 4.07. The van der Waals surface area contributed by atoms with Gasteiger partial charge in [0.2, 0.25) is 0 Å². The predicted octanol–water partition coefficient (Wildman–Crippen LogP) is 0.836. The van der Waals surface area contributed by atoms with Crippen molar-refractivity contribution in [3.63, 3.8) is 0 Å². The fourth-order valence-electron chi connectivity index (χ4n) is 1.73. The van der Waals surface area contributed by atoms with Gasteiger partial charge in [-0.2, -0.15) is 0 Å². The molecule has 0 aliphatic heterocycles. The Morgan fingerprint density at radius 1 is 1.53 bits per heavy atom. The van der Waals surface area contributed by atoms with Crippen molar-refractivity contribution in [2.45, 2.75) is 18.6 Å². The number of nitrogens with zero attached hydrogens (tertiary/aromatic N) is 1. The summed E-state index contributed by atoms with van der Waals surface area (Å²) < 4.78 is 5.26. The molecule has 2 aromatic rings. The van der Waals surface area contributed by atoms with Gasteiger partial charge >= 0.3 is 5.97 Å². The summed E-state index contributed by atoms with van der Waals surface area (Å²) in [6.07, 6.45) is -2.64. The Kier molecular flexibility index (Phi) is 3.98. The number of aliphatic hydroxyl groups is 2. The Bertz CT molecular complexity index is 598. The maximum absolute atomic E-state index is 11.1. The first-order valence-electron chi connectivity index (χ1n) is 5.60. The second-order valence-corrected chi connectivity index (χ2v) is 5.13. The van der Waals surface area contributed by atoms with Gasteiger partial charge in [-0.15, -0.1) is 0 Å². The van der Waals surface area contributed by atoms with Crippen LogP contribution in [-0.4, -0.2) is 34.4 Å². The van der Waals surface area contributed by atoms with Crippen LogP contribution in [0.2, 0.25) is 0 Å². The lowest BCUT2D eigenvalue weighted by Gasteiger charge is -2.17. The van der Waals surface area contributed by atoms with Crippen LogP contribution in [0.15, 0.2) is 18.2 Å². The van der Waals surface area contributed by atoms with E-state index in [1.807, 2.05) is 0 Å². The molecule has 6 nitrogen and oxygen atoms in total. The minimum atomic E-state index is -1.21. The van der Waals surface area contributed by atoms with Crippen LogP contribution >= 0.6 is 11.3 Å². The molecule has 19 heavy (non-hydrogen) atoms. The van der Waals surface area contributed by atoms with E-state index in [9.17, 15) is 15.0 Å². The molecule has 0 radical (unpaired) electrons. The molecule has 1 aromatic heterocycles. The summed E-state index contributed by atoms with van der Waals surface area (Å²) in [5, 5.41) is 20.2. The molecule has 0 saturated carbocycles. The van der Waals surface area contributed by atoms with Crippen molar-refractivity contribution >= 4 is 32.7 Å². The number of carbonyl (C=O) groups excluding carboxylic acids is 1. The van der Waals surface area contributed by atoms with Crippen LogP contribution in [0.5, 0.6) is 0 Å². The number of thiazole rings is 1. The molecule has 0 fully saturated rings. The van der Waals surface area contributed by atoms with Crippen molar-refractivity contribution in [2.24, 2.45) is 0 Å². The third kappa shape index (κ3) is 3.01. The van der Waals surface area contributed by atoms with Gasteiger partial charge in [-0.3, -0.25) is 4.79 Å². The maximum Gasteiger partial charge on any atom is 0.308 e. The number of nitrogens with two attached hydrogens (primary N) is 1. The first-order valence-corrected chi connectivity index (χ1v) is 6.42. The number of hydrogen-bond donors (Lipinski definition) is 3. The highest BCUT2D eigenvalue weighted by atomic mass is 32.1. The summed E-state index contributed by atoms with van der Waals surface area (Å²) in [6.45, 7) is 0. The number of benzene rings is 1. The standard InChI is InChI=1S/C12H14N2O4S/c1-18-10(16)5-8(15)11(17)6-2-3-7-9(4-6)19-12(13)14-7/h2-4,8,11,15,17H,5H2,1H3,(H2,13,14). The number of hydrogen-bond acceptors (Lipinski definition) is 7. The minimum Gasteiger partial charge on any atom is -0.469 e. The average molecular weight is 282 g/mol. The number of methoxy groups -OCH3 is 1. The molecule has 2 unspecified atom stereocenters. The van der Waals surface area contributed by atoms with Crippen LogP contribution in [0, 0.1) is 0 Å². The van der Waals surface area contributed by atoms with Crippen molar-refractivity contribution in [1.82, 2.24) is 4.98 Å². The van der Waals surface area contributed by atoms with E-state index in [0.717, 1.165) is 10.2 Å². The fourth-order valence-corrected chi connectivity index (χ4v) is 2.51. The molecule has 0 saturated heterocycles. The topological polar surface area (TPSA) is 106 Å². The lowest BCUT2D eigenvalue weighted by molar-refractivity contribution is -0.144. The van der Waals surface area contributed by atoms with Crippen molar-refractivity contribution in [3.8, 4) is 0 Å². The third-order valence-electron chi connectivity index (χ3n) is 2.74. The van der Waals surface area contributed by atoms with Gasteiger partial charge in [0.15, 0.2) is 5.13 Å². The lowest BCUT2D eigenvalue weighted by Crippen LogP contribution is -2.22. The van der Waals surface area contributed by atoms with E-state index >= 15 is 0 Å². The van der Waals surface area contributed by atoms with Crippen LogP contribution in [-0.2, 0) is 9.53 Å². The number of aromatic nitrogens is 1. The van der Waals surface area contributed by atoms with Crippen molar-refractivity contribution in [3.05, 3.63) is 23.8 Å². The van der Waals surface area contributed by atoms with E-state index in [4.69, 9.17) is 5.73 Å². The molecule has 2 atom stereocenters. The normalized spacial score (nSPS) is 14.3. The molecule has 0 bridgehead atoms. The predicted molar refractivity (Wildman–Crippen MR) is 71.6 cm³/mol. The van der Waals surface area contributed by atoms with E-state index in [0.29, 0.717) is 10.7 Å². The number of aliphatic hydroxyl groups excluding tert-OH is 2. The van der Waals surface area contributed by atoms with Gasteiger partial charge < -0.3 is 20.7 Å². The molecule has 0 amide bonds. The Hall–Kier alpha value is -1.70. The van der Waals surface area contributed by atoms with Crippen LogP contribution in [0.1, 0.15) is 18.1 Å². The molecule has 0 aliphatic rings. The van der Waals surface area contributed by atoms with Crippen LogP contribution in [0.25, 0.3) is 10.2 Å². The Morgan fingerprint density at radius 3 is 2.95 bits per heavy atom. The van der Waals surface area contributed by atoms with Crippen LogP contribution in [0.4, 0.5) is 5.13 Å². The largest absolute Gasteiger partial charge is 0.469 e. The zero-order valence-electron chi connectivity index (χ0n) is 10.2. The summed E-state index contributed by atoms with van der Waals surface area (Å²) >= 11 is 1.30. The number of anilines is 1. The van der Waals surface area contributed by atoms with E-state index < -0.39 is 18.2 Å². The van der Waals surface area contributed by atoms with Crippen molar-refractivity contribution < 1.29 is 19.7 Å². The maximum atomic E-state index is 11.1. The highest BCUT2D eigenvalue weighted by Gasteiger charge is 2.22. The first-order chi connectivity index (χ1) is 9.01. The summed E-state index contributed by atoms with van der Waals surface area (Å²) in [5.41, 5.74) is 6.84. The highest BCUT2D eigenvalue weighted by molar-refractivity contribution is 7.22. The molecular weight excluding hydrogens is 268 g/mol. The fraction of sp³-hybridized carbons (Fsp3) is 0.333. The average Bonchev–Trinajstić information content (AvgIpc) is 2.76. The summed E-state index contributed by atoms with van der Waals surface area (Å²) in [4.78, 5) is 15.2. The summed E-state index contributed by atoms with van der Waals surface area (Å²) in [7, 11) is 1.23. The SMILES string of the molecule is COC(=O)CC(O)C(O)c1ccc2nc(N)sc2c1. The molecule has 0 spiro atoms. The Balaban J connectivity index is 2.20. The third-order valence-corrected chi connectivity index (χ3v) is 3.59. The van der Waals surface area contributed by atoms with Gasteiger partial charge in [0, 0.05) is 0 Å². The Morgan fingerprint density at radius 2 is 2.26 bits per heavy atom. The van der Waals surface area contributed by atoms with Crippen molar-refractivity contribution in [1.29, 1.82) is 0 Å². The molecule has 102 valence electrons. The van der Waals surface area contributed by atoms with E-state index in [2.05, 4.69) is 9.72 Å². The minimum absolute atomic E-state index is 0.263. The molecular formula is C12H14N2O4S. The second kappa shape index (κ2) is 5.52. The number of esters is 1. The summed E-state index contributed by atoms with van der Waals surface area (Å²) in [6, 6.07) is 5.06. The zero-order valence-corrected chi connectivity index (χ0v) is 11.1. The molecule has 4 N–H and O–H groups in total. The first kappa shape index (κ1) is 13.7. The summed E-state index contributed by atoms with van der Waals surface area (Å²) in [5.74, 6) is -0.574. The van der Waals surface area contributed by atoms with Gasteiger partial charge in [-0.05, 0) is 17.7 Å². The number of rotatable bonds is 4. The number of carbonyl (C=O) groups is 1. The van der Waals surface area contributed by atoms with Crippen LogP contribution < -0.4 is 5.73 Å². The van der Waals surface area contributed by atoms with Crippen molar-refractivity contribution in [2.75, 3.05) is 12.8 Å². The van der Waals surface area contributed by atoms with Gasteiger partial charge in [0.05, 0.1) is 29.9 Å². The smallest absolute Gasteiger partial charge is 0.308 e. The Labute approximate surface area is 113 Å². The monoisotopic (exact) mass is 282 g/mol. The number of fused-ring (bicyclic) bond motifs is 1. The zero-order chi connectivity index (χ0) is 14.0. The molecule has 0 aliphatic carbocycles. The molecule has 7 heteroatoms. The molecule has 1 heterocycles. The van der Waals surface area contributed by atoms with Gasteiger partial charge in [-0.1, -0.05) is 17.4 Å². The lowest BCUT2D eigenvalue weighted by atomic mass is 10.0. The quantitative estimate of drug-likeness (QED) is 0.717.